The van der Waals surface area contributed by atoms with Gasteiger partial charge in [0.1, 0.15) is 0 Å². The Labute approximate surface area is 223 Å². The molecule has 2 aromatic carbocycles. The minimum atomic E-state index is -3.78. The molecule has 0 spiro atoms. The number of halogens is 1. The molecule has 2 saturated heterocycles. The van der Waals surface area contributed by atoms with Gasteiger partial charge in [0.25, 0.3) is 5.91 Å². The maximum absolute atomic E-state index is 13.3. The molecule has 1 aromatic heterocycles. The number of piperazine rings is 1. The normalized spacial score (nSPS) is 18.2. The Morgan fingerprint density at radius 3 is 2.49 bits per heavy atom. The van der Waals surface area contributed by atoms with E-state index in [2.05, 4.69) is 22.9 Å². The van der Waals surface area contributed by atoms with E-state index in [0.717, 1.165) is 43.2 Å². The van der Waals surface area contributed by atoms with E-state index in [-0.39, 0.29) is 23.9 Å². The quantitative estimate of drug-likeness (QED) is 0.472. The second-order valence-electron chi connectivity index (χ2n) is 9.94. The Kier molecular flexibility index (Phi) is 7.40. The van der Waals surface area contributed by atoms with Gasteiger partial charge in [-0.25, -0.2) is 13.4 Å². The van der Waals surface area contributed by atoms with Gasteiger partial charge in [-0.3, -0.25) is 14.8 Å². The van der Waals surface area contributed by atoms with E-state index in [9.17, 15) is 13.2 Å². The van der Waals surface area contributed by atoms with Crippen LogP contribution in [0.4, 0.5) is 5.69 Å². The molecule has 0 bridgehead atoms. The lowest BCUT2D eigenvalue weighted by molar-refractivity contribution is -0.152. The smallest absolute Gasteiger partial charge is 0.252 e. The van der Waals surface area contributed by atoms with Gasteiger partial charge in [-0.15, -0.1) is 0 Å². The van der Waals surface area contributed by atoms with Crippen LogP contribution < -0.4 is 4.90 Å². The van der Waals surface area contributed by atoms with Gasteiger partial charge in [0.15, 0.2) is 0 Å². The van der Waals surface area contributed by atoms with Gasteiger partial charge >= 0.3 is 0 Å². The average molecular weight is 542 g/mol. The molecule has 0 aliphatic carbocycles. The Morgan fingerprint density at radius 1 is 1.03 bits per heavy atom. The first-order valence-corrected chi connectivity index (χ1v) is 14.4. The summed E-state index contributed by atoms with van der Waals surface area (Å²) in [4.78, 5) is 19.8. The summed E-state index contributed by atoms with van der Waals surface area (Å²) in [5, 5.41) is 5.94. The highest BCUT2D eigenvalue weighted by Crippen LogP contribution is 2.28. The van der Waals surface area contributed by atoms with Crippen LogP contribution in [-0.4, -0.2) is 79.9 Å². The molecule has 3 heterocycles. The van der Waals surface area contributed by atoms with E-state index >= 15 is 0 Å². The maximum atomic E-state index is 13.3. The summed E-state index contributed by atoms with van der Waals surface area (Å²) in [6.07, 6.45) is 5.82. The van der Waals surface area contributed by atoms with Gasteiger partial charge in [-0.2, -0.15) is 4.31 Å². The minimum absolute atomic E-state index is 0.162. The lowest BCUT2D eigenvalue weighted by Gasteiger charge is -2.41. The fourth-order valence-electron chi connectivity index (χ4n) is 5.36. The summed E-state index contributed by atoms with van der Waals surface area (Å²) in [7, 11) is -1.86. The van der Waals surface area contributed by atoms with Crippen LogP contribution >= 0.6 is 11.6 Å². The number of hydrogen-bond acceptors (Lipinski definition) is 6. The number of benzene rings is 2. The van der Waals surface area contributed by atoms with Gasteiger partial charge in [-0.1, -0.05) is 23.7 Å². The number of nitrogens with zero attached hydrogens (tertiary/aromatic N) is 5. The summed E-state index contributed by atoms with van der Waals surface area (Å²) in [5.74, 6) is 0.277. The van der Waals surface area contributed by atoms with Crippen molar-refractivity contribution >= 4 is 44.0 Å². The molecular formula is C27H32ClN5O3S. The van der Waals surface area contributed by atoms with Gasteiger partial charge in [0, 0.05) is 56.3 Å². The second kappa shape index (κ2) is 10.6. The second-order valence-corrected chi connectivity index (χ2v) is 12.3. The number of aryl methyl sites for hydroxylation is 1. The molecule has 0 N–H and O–H groups in total. The number of carbonyl (C=O) groups is 1. The lowest BCUT2D eigenvalue weighted by Crippen LogP contribution is -2.58. The zero-order chi connectivity index (χ0) is 26.2. The number of anilines is 1. The summed E-state index contributed by atoms with van der Waals surface area (Å²) >= 11 is 6.05. The van der Waals surface area contributed by atoms with Crippen molar-refractivity contribution in [3.8, 4) is 0 Å². The van der Waals surface area contributed by atoms with E-state index in [0.29, 0.717) is 17.5 Å². The van der Waals surface area contributed by atoms with Crippen molar-refractivity contribution in [2.45, 2.75) is 24.7 Å². The third-order valence-corrected chi connectivity index (χ3v) is 9.53. The van der Waals surface area contributed by atoms with Crippen molar-refractivity contribution in [2.75, 3.05) is 51.2 Å². The van der Waals surface area contributed by atoms with Crippen LogP contribution in [0.1, 0.15) is 18.4 Å². The van der Waals surface area contributed by atoms with Crippen molar-refractivity contribution in [2.24, 2.45) is 5.92 Å². The van der Waals surface area contributed by atoms with Crippen molar-refractivity contribution in [3.05, 3.63) is 65.4 Å². The van der Waals surface area contributed by atoms with E-state index in [1.165, 1.54) is 15.6 Å². The third kappa shape index (κ3) is 5.45. The molecule has 0 saturated carbocycles. The minimum Gasteiger partial charge on any atom is -0.371 e. The number of hydrazine groups is 1. The molecule has 2 aliphatic heterocycles. The van der Waals surface area contributed by atoms with Gasteiger partial charge < -0.3 is 4.90 Å². The number of carbonyl (C=O) groups excluding carboxylic acids is 1. The van der Waals surface area contributed by atoms with E-state index in [1.807, 2.05) is 24.5 Å². The Bertz CT molecular complexity index is 1410. The standard InChI is InChI=1S/C27H32ClN5O3S/c1-20-17-29-10-7-26(20)31-11-8-21(9-12-31)18-30(2)33-14-13-32(19-27(33)34)37(35,36)25-6-4-22-15-24(28)5-3-23(22)16-25/h3-7,10,15-17,21H,8-9,11-14,18-19H2,1-2H3. The van der Waals surface area contributed by atoms with Crippen molar-refractivity contribution < 1.29 is 13.2 Å². The van der Waals surface area contributed by atoms with E-state index in [4.69, 9.17) is 11.6 Å². The summed E-state index contributed by atoms with van der Waals surface area (Å²) < 4.78 is 27.9. The molecule has 0 atom stereocenters. The number of fused-ring (bicyclic) bond motifs is 1. The monoisotopic (exact) mass is 541 g/mol. The molecule has 5 rings (SSSR count). The molecule has 1 amide bonds. The number of piperidine rings is 1. The zero-order valence-electron chi connectivity index (χ0n) is 21.2. The van der Waals surface area contributed by atoms with Gasteiger partial charge in [0.05, 0.1) is 18.0 Å². The Morgan fingerprint density at radius 2 is 1.76 bits per heavy atom. The molecule has 3 aromatic rings. The Balaban J connectivity index is 1.18. The predicted octanol–water partition coefficient (Wildman–Crippen LogP) is 3.79. The highest BCUT2D eigenvalue weighted by Gasteiger charge is 2.35. The topological polar surface area (TPSA) is 77.1 Å². The first-order valence-electron chi connectivity index (χ1n) is 12.6. The number of hydrogen-bond donors (Lipinski definition) is 0. The summed E-state index contributed by atoms with van der Waals surface area (Å²) in [5.41, 5.74) is 2.43. The van der Waals surface area contributed by atoms with E-state index in [1.54, 1.807) is 41.4 Å². The molecule has 0 unspecified atom stereocenters. The molecule has 8 nitrogen and oxygen atoms in total. The largest absolute Gasteiger partial charge is 0.371 e. The van der Waals surface area contributed by atoms with Crippen LogP contribution in [0.3, 0.4) is 0 Å². The van der Waals surface area contributed by atoms with Gasteiger partial charge in [0.2, 0.25) is 10.0 Å². The Hall–Kier alpha value is -2.72. The molecule has 196 valence electrons. The number of rotatable bonds is 6. The van der Waals surface area contributed by atoms with Crippen LogP contribution in [0.2, 0.25) is 5.02 Å². The van der Waals surface area contributed by atoms with Crippen molar-refractivity contribution in [3.63, 3.8) is 0 Å². The average Bonchev–Trinajstić information content (AvgIpc) is 2.89. The zero-order valence-corrected chi connectivity index (χ0v) is 22.7. The van der Waals surface area contributed by atoms with Gasteiger partial charge in [-0.05, 0) is 72.4 Å². The predicted molar refractivity (Wildman–Crippen MR) is 146 cm³/mol. The highest BCUT2D eigenvalue weighted by atomic mass is 35.5. The van der Waals surface area contributed by atoms with Crippen LogP contribution in [0.25, 0.3) is 10.8 Å². The molecule has 2 aliphatic rings. The van der Waals surface area contributed by atoms with Crippen LogP contribution in [0.5, 0.6) is 0 Å². The maximum Gasteiger partial charge on any atom is 0.252 e. The molecule has 2 fully saturated rings. The molecule has 10 heteroatoms. The van der Waals surface area contributed by atoms with E-state index < -0.39 is 10.0 Å². The number of amides is 1. The highest BCUT2D eigenvalue weighted by molar-refractivity contribution is 7.89. The summed E-state index contributed by atoms with van der Waals surface area (Å²) in [6, 6.07) is 12.4. The van der Waals surface area contributed by atoms with Crippen LogP contribution in [0, 0.1) is 12.8 Å². The first kappa shape index (κ1) is 25.9. The molecular weight excluding hydrogens is 510 g/mol. The van der Waals surface area contributed by atoms with Crippen LogP contribution in [0.15, 0.2) is 59.8 Å². The number of aromatic nitrogens is 1. The first-order chi connectivity index (χ1) is 17.7. The molecule has 37 heavy (non-hydrogen) atoms. The van der Waals surface area contributed by atoms with Crippen molar-refractivity contribution in [1.29, 1.82) is 0 Å². The third-order valence-electron chi connectivity index (χ3n) is 7.45. The lowest BCUT2D eigenvalue weighted by atomic mass is 9.96. The SMILES string of the molecule is Cc1cnccc1N1CCC(CN(C)N2CCN(S(=O)(=O)c3ccc4cc(Cl)ccc4c3)CC2=O)CC1. The fraction of sp³-hybridized carbons (Fsp3) is 0.407. The molecule has 0 radical (unpaired) electrons. The van der Waals surface area contributed by atoms with Crippen LogP contribution in [-0.2, 0) is 14.8 Å². The fourth-order valence-corrected chi connectivity index (χ4v) is 6.96. The number of pyridine rings is 1. The van der Waals surface area contributed by atoms with Crippen molar-refractivity contribution in [1.82, 2.24) is 19.3 Å². The summed E-state index contributed by atoms with van der Waals surface area (Å²) in [6.45, 7) is 5.25. The number of sulfonamides is 1.